The van der Waals surface area contributed by atoms with E-state index in [9.17, 15) is 9.59 Å². The molecule has 36 heavy (non-hydrogen) atoms. The van der Waals surface area contributed by atoms with E-state index in [0.29, 0.717) is 32.9 Å². The molecule has 5 rings (SSSR count). The molecule has 2 aromatic heterocycles. The van der Waals surface area contributed by atoms with Crippen LogP contribution < -0.4 is 10.9 Å². The molecule has 1 N–H and O–H groups in total. The van der Waals surface area contributed by atoms with Crippen LogP contribution in [0.4, 0.5) is 0 Å². The number of carbonyl (C=O) groups is 1. The second-order valence-electron chi connectivity index (χ2n) is 8.22. The van der Waals surface area contributed by atoms with Gasteiger partial charge in [-0.15, -0.1) is 0 Å². The molecular weight excluding hydrogens is 474 g/mol. The van der Waals surface area contributed by atoms with E-state index >= 15 is 0 Å². The van der Waals surface area contributed by atoms with Gasteiger partial charge in [-0.25, -0.2) is 10.4 Å². The lowest BCUT2D eigenvalue weighted by molar-refractivity contribution is 0.0955. The Kier molecular flexibility index (Phi) is 6.43. The Bertz CT molecular complexity index is 1660. The van der Waals surface area contributed by atoms with Gasteiger partial charge in [-0.05, 0) is 37.3 Å². The summed E-state index contributed by atoms with van der Waals surface area (Å²) in [6.45, 7) is 2.01. The topological polar surface area (TPSA) is 84.6 Å². The molecule has 0 unspecified atom stereocenters. The fourth-order valence-corrected chi connectivity index (χ4v) is 3.90. The third-order valence-electron chi connectivity index (χ3n) is 5.64. The zero-order chi connectivity index (χ0) is 25.1. The molecule has 2 heterocycles. The standard InChI is InChI=1S/C29H20ClN3O3/c1-18-7-9-20(10-8-18)26-14-21(13-25(32-26)19-5-3-2-4-6-19)29(35)33-31-16-22-17-36-27-12-11-23(30)15-24(27)28(22)34/h2-17H,1H3,(H,33,35)/b31-16+. The van der Waals surface area contributed by atoms with Gasteiger partial charge < -0.3 is 4.42 Å². The zero-order valence-electron chi connectivity index (χ0n) is 19.2. The van der Waals surface area contributed by atoms with Crippen molar-refractivity contribution in [1.29, 1.82) is 0 Å². The number of nitrogens with zero attached hydrogens (tertiary/aromatic N) is 2. The molecule has 6 nitrogen and oxygen atoms in total. The SMILES string of the molecule is Cc1ccc(-c2cc(C(=O)N/N=C/c3coc4ccc(Cl)cc4c3=O)cc(-c3ccccc3)n2)cc1. The van der Waals surface area contributed by atoms with Crippen molar-refractivity contribution in [3.05, 3.63) is 123 Å². The second-order valence-corrected chi connectivity index (χ2v) is 8.65. The van der Waals surface area contributed by atoms with Crippen LogP contribution in [0.1, 0.15) is 21.5 Å². The van der Waals surface area contributed by atoms with Gasteiger partial charge in [0.25, 0.3) is 5.91 Å². The summed E-state index contributed by atoms with van der Waals surface area (Å²) in [4.78, 5) is 30.5. The molecule has 3 aromatic carbocycles. The zero-order valence-corrected chi connectivity index (χ0v) is 20.0. The highest BCUT2D eigenvalue weighted by molar-refractivity contribution is 6.31. The number of rotatable bonds is 5. The number of fused-ring (bicyclic) bond motifs is 1. The first-order valence-electron chi connectivity index (χ1n) is 11.2. The minimum atomic E-state index is -0.438. The summed E-state index contributed by atoms with van der Waals surface area (Å²) >= 11 is 6.00. The Morgan fingerprint density at radius 2 is 1.64 bits per heavy atom. The number of amides is 1. The third kappa shape index (κ3) is 4.94. The van der Waals surface area contributed by atoms with Crippen molar-refractivity contribution in [2.24, 2.45) is 5.10 Å². The van der Waals surface area contributed by atoms with E-state index in [1.807, 2.05) is 61.5 Å². The van der Waals surface area contributed by atoms with Crippen molar-refractivity contribution >= 4 is 34.7 Å². The number of carbonyl (C=O) groups excluding carboxylic acids is 1. The van der Waals surface area contributed by atoms with Gasteiger partial charge in [0.2, 0.25) is 5.43 Å². The van der Waals surface area contributed by atoms with E-state index in [1.165, 1.54) is 18.5 Å². The average Bonchev–Trinajstić information content (AvgIpc) is 2.91. The molecule has 0 aliphatic carbocycles. The molecular formula is C29H20ClN3O3. The van der Waals surface area contributed by atoms with Gasteiger partial charge >= 0.3 is 0 Å². The Morgan fingerprint density at radius 1 is 0.944 bits per heavy atom. The second kappa shape index (κ2) is 9.98. The molecule has 0 aliphatic rings. The van der Waals surface area contributed by atoms with E-state index < -0.39 is 5.91 Å². The lowest BCUT2D eigenvalue weighted by atomic mass is 10.0. The van der Waals surface area contributed by atoms with Crippen molar-refractivity contribution in [1.82, 2.24) is 10.4 Å². The molecule has 0 fully saturated rings. The lowest BCUT2D eigenvalue weighted by Crippen LogP contribution is -2.19. The van der Waals surface area contributed by atoms with Crippen LogP contribution in [0.15, 0.2) is 106 Å². The van der Waals surface area contributed by atoms with E-state index in [-0.39, 0.29) is 11.0 Å². The number of hydrogen-bond donors (Lipinski definition) is 1. The highest BCUT2D eigenvalue weighted by Crippen LogP contribution is 2.25. The monoisotopic (exact) mass is 493 g/mol. The number of hydrazone groups is 1. The Morgan fingerprint density at radius 3 is 2.36 bits per heavy atom. The molecule has 0 saturated heterocycles. The molecule has 0 saturated carbocycles. The molecule has 7 heteroatoms. The maximum absolute atomic E-state index is 13.0. The molecule has 0 aliphatic heterocycles. The van der Waals surface area contributed by atoms with Gasteiger partial charge in [-0.3, -0.25) is 9.59 Å². The fourth-order valence-electron chi connectivity index (χ4n) is 3.72. The van der Waals surface area contributed by atoms with Crippen molar-refractivity contribution in [3.8, 4) is 22.5 Å². The van der Waals surface area contributed by atoms with Crippen molar-refractivity contribution < 1.29 is 9.21 Å². The van der Waals surface area contributed by atoms with Crippen molar-refractivity contribution in [2.75, 3.05) is 0 Å². The number of aryl methyl sites for hydroxylation is 1. The summed E-state index contributed by atoms with van der Waals surface area (Å²) in [7, 11) is 0. The first-order valence-corrected chi connectivity index (χ1v) is 11.5. The fraction of sp³-hybridized carbons (Fsp3) is 0.0345. The van der Waals surface area contributed by atoms with Gasteiger partial charge in [-0.1, -0.05) is 71.8 Å². The summed E-state index contributed by atoms with van der Waals surface area (Å²) in [5.41, 5.74) is 7.42. The van der Waals surface area contributed by atoms with Gasteiger partial charge in [0.1, 0.15) is 11.8 Å². The normalized spacial score (nSPS) is 11.2. The van der Waals surface area contributed by atoms with Crippen LogP contribution in [-0.4, -0.2) is 17.1 Å². The molecule has 5 aromatic rings. The number of halogens is 1. The van der Waals surface area contributed by atoms with Crippen LogP contribution in [0.5, 0.6) is 0 Å². The first kappa shape index (κ1) is 23.2. The summed E-state index contributed by atoms with van der Waals surface area (Å²) in [6, 6.07) is 25.8. The summed E-state index contributed by atoms with van der Waals surface area (Å²) in [5, 5.41) is 4.75. The third-order valence-corrected chi connectivity index (χ3v) is 5.87. The average molecular weight is 494 g/mol. The number of hydrogen-bond acceptors (Lipinski definition) is 5. The smallest absolute Gasteiger partial charge is 0.271 e. The largest absolute Gasteiger partial charge is 0.463 e. The number of pyridine rings is 1. The van der Waals surface area contributed by atoms with E-state index in [0.717, 1.165) is 16.7 Å². The highest BCUT2D eigenvalue weighted by atomic mass is 35.5. The molecule has 176 valence electrons. The van der Waals surface area contributed by atoms with E-state index in [1.54, 1.807) is 24.3 Å². The molecule has 0 atom stereocenters. The van der Waals surface area contributed by atoms with Gasteiger partial charge in [-0.2, -0.15) is 5.10 Å². The van der Waals surface area contributed by atoms with Gasteiger partial charge in [0.15, 0.2) is 0 Å². The van der Waals surface area contributed by atoms with Crippen LogP contribution in [0.25, 0.3) is 33.5 Å². The Labute approximate surface area is 211 Å². The molecule has 0 radical (unpaired) electrons. The van der Waals surface area contributed by atoms with Gasteiger partial charge in [0.05, 0.1) is 28.6 Å². The van der Waals surface area contributed by atoms with Crippen molar-refractivity contribution in [2.45, 2.75) is 6.92 Å². The van der Waals surface area contributed by atoms with E-state index in [2.05, 4.69) is 10.5 Å². The van der Waals surface area contributed by atoms with Crippen LogP contribution in [0, 0.1) is 6.92 Å². The summed E-state index contributed by atoms with van der Waals surface area (Å²) in [5.74, 6) is -0.438. The summed E-state index contributed by atoms with van der Waals surface area (Å²) in [6.07, 6.45) is 2.55. The van der Waals surface area contributed by atoms with Crippen LogP contribution in [0.2, 0.25) is 5.02 Å². The van der Waals surface area contributed by atoms with Crippen LogP contribution in [-0.2, 0) is 0 Å². The maximum atomic E-state index is 13.0. The quantitative estimate of drug-likeness (QED) is 0.232. The van der Waals surface area contributed by atoms with Gasteiger partial charge in [0, 0.05) is 21.7 Å². The summed E-state index contributed by atoms with van der Waals surface area (Å²) < 4.78 is 5.49. The highest BCUT2D eigenvalue weighted by Gasteiger charge is 2.13. The Hall–Kier alpha value is -4.55. The molecule has 0 bridgehead atoms. The Balaban J connectivity index is 1.46. The predicted molar refractivity (Wildman–Crippen MR) is 142 cm³/mol. The first-order chi connectivity index (χ1) is 17.5. The number of nitrogens with one attached hydrogen (secondary N) is 1. The number of benzene rings is 3. The predicted octanol–water partition coefficient (Wildman–Crippen LogP) is 6.25. The molecule has 1 amide bonds. The number of aromatic nitrogens is 1. The van der Waals surface area contributed by atoms with Crippen molar-refractivity contribution in [3.63, 3.8) is 0 Å². The van der Waals surface area contributed by atoms with Crippen LogP contribution in [0.3, 0.4) is 0 Å². The minimum absolute atomic E-state index is 0.185. The molecule has 0 spiro atoms. The van der Waals surface area contributed by atoms with Crippen LogP contribution >= 0.6 is 11.6 Å². The minimum Gasteiger partial charge on any atom is -0.463 e. The lowest BCUT2D eigenvalue weighted by Gasteiger charge is -2.09. The van der Waals surface area contributed by atoms with E-state index in [4.69, 9.17) is 21.0 Å². The maximum Gasteiger partial charge on any atom is 0.271 e.